The second-order valence-corrected chi connectivity index (χ2v) is 4.70. The Bertz CT molecular complexity index is 221. The van der Waals surface area contributed by atoms with Crippen LogP contribution in [0.3, 0.4) is 0 Å². The van der Waals surface area contributed by atoms with Crippen molar-refractivity contribution in [3.05, 3.63) is 0 Å². The minimum atomic E-state index is -0.165. The van der Waals surface area contributed by atoms with Gasteiger partial charge in [-0.3, -0.25) is 4.79 Å². The van der Waals surface area contributed by atoms with E-state index in [1.807, 2.05) is 0 Å². The summed E-state index contributed by atoms with van der Waals surface area (Å²) in [5, 5.41) is 3.00. The van der Waals surface area contributed by atoms with Crippen molar-refractivity contribution in [2.45, 2.75) is 32.2 Å². The van der Waals surface area contributed by atoms with Crippen LogP contribution in [-0.4, -0.2) is 50.7 Å². The fourth-order valence-corrected chi connectivity index (χ4v) is 2.32. The van der Waals surface area contributed by atoms with E-state index in [0.717, 1.165) is 25.4 Å². The number of likely N-dealkylation sites (tertiary alicyclic amines) is 1. The largest absolute Gasteiger partial charge is 0.468 e. The topological polar surface area (TPSA) is 41.6 Å². The molecule has 0 aromatic carbocycles. The van der Waals surface area contributed by atoms with Gasteiger partial charge in [0.1, 0.15) is 6.04 Å². The molecule has 1 aliphatic heterocycles. The van der Waals surface area contributed by atoms with Gasteiger partial charge in [0.05, 0.1) is 7.11 Å². The monoisotopic (exact) mass is 228 g/mol. The van der Waals surface area contributed by atoms with Gasteiger partial charge in [0.2, 0.25) is 0 Å². The summed E-state index contributed by atoms with van der Waals surface area (Å²) in [6.07, 6.45) is 3.45. The molecule has 94 valence electrons. The molecule has 0 aromatic rings. The summed E-state index contributed by atoms with van der Waals surface area (Å²) in [5.74, 6) is 0.632. The number of ether oxygens (including phenoxy) is 1. The summed E-state index contributed by atoms with van der Waals surface area (Å²) in [4.78, 5) is 13.8. The van der Waals surface area contributed by atoms with E-state index in [4.69, 9.17) is 4.74 Å². The maximum atomic E-state index is 11.4. The molecule has 0 amide bonds. The van der Waals surface area contributed by atoms with Crippen molar-refractivity contribution >= 4 is 5.97 Å². The zero-order valence-corrected chi connectivity index (χ0v) is 10.7. The number of esters is 1. The van der Waals surface area contributed by atoms with Gasteiger partial charge in [-0.2, -0.15) is 0 Å². The van der Waals surface area contributed by atoms with Gasteiger partial charge in [0.25, 0.3) is 0 Å². The molecule has 4 heteroatoms. The first-order valence-electron chi connectivity index (χ1n) is 6.14. The van der Waals surface area contributed by atoms with E-state index in [9.17, 15) is 4.79 Å². The SMILES string of the molecule is CNC(CCN1CCCC(C)C1)C(=O)OC. The summed E-state index contributed by atoms with van der Waals surface area (Å²) >= 11 is 0. The van der Waals surface area contributed by atoms with E-state index in [1.165, 1.54) is 26.5 Å². The second kappa shape index (κ2) is 6.86. The predicted octanol–water partition coefficient (Wildman–Crippen LogP) is 0.869. The molecule has 4 nitrogen and oxygen atoms in total. The molecule has 1 saturated heterocycles. The number of nitrogens with one attached hydrogen (secondary N) is 1. The quantitative estimate of drug-likeness (QED) is 0.709. The summed E-state index contributed by atoms with van der Waals surface area (Å²) in [7, 11) is 3.25. The van der Waals surface area contributed by atoms with Gasteiger partial charge in [-0.15, -0.1) is 0 Å². The number of hydrogen-bond donors (Lipinski definition) is 1. The number of carbonyl (C=O) groups excluding carboxylic acids is 1. The van der Waals surface area contributed by atoms with E-state index in [-0.39, 0.29) is 12.0 Å². The van der Waals surface area contributed by atoms with Crippen LogP contribution < -0.4 is 5.32 Å². The Balaban J connectivity index is 2.28. The average Bonchev–Trinajstić information content (AvgIpc) is 2.29. The van der Waals surface area contributed by atoms with Crippen LogP contribution in [0.15, 0.2) is 0 Å². The molecule has 0 bridgehead atoms. The van der Waals surface area contributed by atoms with Crippen LogP contribution in [0.2, 0.25) is 0 Å². The number of carbonyl (C=O) groups is 1. The van der Waals surface area contributed by atoms with Crippen molar-refractivity contribution in [2.75, 3.05) is 33.8 Å². The normalized spacial score (nSPS) is 24.1. The van der Waals surface area contributed by atoms with Crippen molar-refractivity contribution in [1.82, 2.24) is 10.2 Å². The van der Waals surface area contributed by atoms with Crippen LogP contribution in [0.25, 0.3) is 0 Å². The van der Waals surface area contributed by atoms with E-state index in [1.54, 1.807) is 7.05 Å². The molecule has 0 saturated carbocycles. The number of rotatable bonds is 5. The zero-order valence-electron chi connectivity index (χ0n) is 10.7. The average molecular weight is 228 g/mol. The van der Waals surface area contributed by atoms with Crippen molar-refractivity contribution < 1.29 is 9.53 Å². The highest BCUT2D eigenvalue weighted by Crippen LogP contribution is 2.15. The lowest BCUT2D eigenvalue weighted by molar-refractivity contribution is -0.143. The van der Waals surface area contributed by atoms with Gasteiger partial charge >= 0.3 is 5.97 Å². The molecule has 0 radical (unpaired) electrons. The first-order valence-corrected chi connectivity index (χ1v) is 6.14. The van der Waals surface area contributed by atoms with Crippen molar-refractivity contribution in [3.63, 3.8) is 0 Å². The van der Waals surface area contributed by atoms with Crippen LogP contribution in [0.5, 0.6) is 0 Å². The first kappa shape index (κ1) is 13.5. The third-order valence-electron chi connectivity index (χ3n) is 3.31. The molecule has 2 atom stereocenters. The number of likely N-dealkylation sites (N-methyl/N-ethyl adjacent to an activating group) is 1. The van der Waals surface area contributed by atoms with Crippen LogP contribution in [0.4, 0.5) is 0 Å². The number of piperidine rings is 1. The molecular weight excluding hydrogens is 204 g/mol. The molecule has 2 unspecified atom stereocenters. The maximum Gasteiger partial charge on any atom is 0.322 e. The molecule has 1 N–H and O–H groups in total. The smallest absolute Gasteiger partial charge is 0.322 e. The zero-order chi connectivity index (χ0) is 12.0. The lowest BCUT2D eigenvalue weighted by Crippen LogP contribution is -2.41. The van der Waals surface area contributed by atoms with Crippen molar-refractivity contribution in [3.8, 4) is 0 Å². The summed E-state index contributed by atoms with van der Waals surface area (Å²) in [6, 6.07) is -0.165. The minimum absolute atomic E-state index is 0.160. The maximum absolute atomic E-state index is 11.4. The van der Waals surface area contributed by atoms with Crippen LogP contribution >= 0.6 is 0 Å². The fraction of sp³-hybridized carbons (Fsp3) is 0.917. The molecule has 1 aliphatic rings. The predicted molar refractivity (Wildman–Crippen MR) is 64.3 cm³/mol. The Hall–Kier alpha value is -0.610. The molecule has 16 heavy (non-hydrogen) atoms. The molecule has 0 aliphatic carbocycles. The van der Waals surface area contributed by atoms with Gasteiger partial charge in [0.15, 0.2) is 0 Å². The Morgan fingerprint density at radius 1 is 1.62 bits per heavy atom. The number of nitrogens with zero attached hydrogens (tertiary/aromatic N) is 1. The van der Waals surface area contributed by atoms with Crippen molar-refractivity contribution in [2.24, 2.45) is 5.92 Å². The van der Waals surface area contributed by atoms with Gasteiger partial charge in [-0.1, -0.05) is 6.92 Å². The number of methoxy groups -OCH3 is 1. The van der Waals surface area contributed by atoms with Crippen LogP contribution in [0.1, 0.15) is 26.2 Å². The Kier molecular flexibility index (Phi) is 5.77. The van der Waals surface area contributed by atoms with E-state index < -0.39 is 0 Å². The highest BCUT2D eigenvalue weighted by molar-refractivity contribution is 5.75. The molecular formula is C12H24N2O2. The number of hydrogen-bond acceptors (Lipinski definition) is 4. The second-order valence-electron chi connectivity index (χ2n) is 4.70. The van der Waals surface area contributed by atoms with Crippen LogP contribution in [-0.2, 0) is 9.53 Å². The lowest BCUT2D eigenvalue weighted by Gasteiger charge is -2.31. The highest BCUT2D eigenvalue weighted by Gasteiger charge is 2.20. The van der Waals surface area contributed by atoms with Crippen LogP contribution in [0, 0.1) is 5.92 Å². The molecule has 0 aromatic heterocycles. The van der Waals surface area contributed by atoms with E-state index in [0.29, 0.717) is 0 Å². The first-order chi connectivity index (χ1) is 7.67. The van der Waals surface area contributed by atoms with Gasteiger partial charge in [-0.25, -0.2) is 0 Å². The Morgan fingerprint density at radius 2 is 2.38 bits per heavy atom. The Morgan fingerprint density at radius 3 is 2.94 bits per heavy atom. The van der Waals surface area contributed by atoms with Gasteiger partial charge < -0.3 is 15.0 Å². The van der Waals surface area contributed by atoms with E-state index in [2.05, 4.69) is 17.1 Å². The lowest BCUT2D eigenvalue weighted by atomic mass is 10.00. The highest BCUT2D eigenvalue weighted by atomic mass is 16.5. The Labute approximate surface area is 98.3 Å². The summed E-state index contributed by atoms with van der Waals surface area (Å²) in [5.41, 5.74) is 0. The van der Waals surface area contributed by atoms with Gasteiger partial charge in [0, 0.05) is 13.1 Å². The minimum Gasteiger partial charge on any atom is -0.468 e. The molecule has 1 fully saturated rings. The van der Waals surface area contributed by atoms with E-state index >= 15 is 0 Å². The molecule has 0 spiro atoms. The standard InChI is InChI=1S/C12H24N2O2/c1-10-5-4-7-14(9-10)8-6-11(13-2)12(15)16-3/h10-11,13H,4-9H2,1-3H3. The third kappa shape index (κ3) is 4.10. The summed E-state index contributed by atoms with van der Waals surface area (Å²) in [6.45, 7) is 5.60. The fourth-order valence-electron chi connectivity index (χ4n) is 2.32. The molecule has 1 rings (SSSR count). The molecule has 1 heterocycles. The van der Waals surface area contributed by atoms with Gasteiger partial charge in [-0.05, 0) is 38.8 Å². The van der Waals surface area contributed by atoms with Crippen molar-refractivity contribution in [1.29, 1.82) is 0 Å². The third-order valence-corrected chi connectivity index (χ3v) is 3.31. The summed E-state index contributed by atoms with van der Waals surface area (Å²) < 4.78 is 4.74.